The molecule has 1 aliphatic heterocycles. The van der Waals surface area contributed by atoms with Gasteiger partial charge in [0, 0.05) is 16.3 Å². The molecule has 1 aromatic carbocycles. The van der Waals surface area contributed by atoms with Crippen LogP contribution in [0.5, 0.6) is 0 Å². The molecule has 0 atom stereocenters. The Morgan fingerprint density at radius 3 is 3.08 bits per heavy atom. The number of carbonyl (C=O) groups is 1. The van der Waals surface area contributed by atoms with Crippen LogP contribution in [0.15, 0.2) is 23.1 Å². The molecule has 1 nitrogen and oxygen atoms in total. The van der Waals surface area contributed by atoms with E-state index in [9.17, 15) is 4.79 Å². The standard InChI is InChI=1S/C9H7ClOS/c10-7-1-2-9-6(3-7)4-8(11)5-12-9/h1-3H,4-5H2. The molecule has 0 aromatic heterocycles. The molecule has 0 saturated carbocycles. The van der Waals surface area contributed by atoms with Crippen LogP contribution in [0.4, 0.5) is 0 Å². The van der Waals surface area contributed by atoms with E-state index in [1.807, 2.05) is 18.2 Å². The van der Waals surface area contributed by atoms with E-state index >= 15 is 0 Å². The van der Waals surface area contributed by atoms with E-state index in [4.69, 9.17) is 11.6 Å². The first-order chi connectivity index (χ1) is 5.75. The molecular formula is C9H7ClOS. The van der Waals surface area contributed by atoms with Gasteiger partial charge in [0.2, 0.25) is 0 Å². The maximum absolute atomic E-state index is 11.1. The highest BCUT2D eigenvalue weighted by molar-refractivity contribution is 8.00. The Bertz CT molecular complexity index is 335. The second kappa shape index (κ2) is 3.11. The lowest BCUT2D eigenvalue weighted by Gasteiger charge is -2.13. The smallest absolute Gasteiger partial charge is 0.147 e. The van der Waals surface area contributed by atoms with Gasteiger partial charge in [-0.2, -0.15) is 0 Å². The van der Waals surface area contributed by atoms with E-state index in [0.29, 0.717) is 17.2 Å². The normalized spacial score (nSPS) is 15.9. The molecule has 0 aliphatic carbocycles. The maximum Gasteiger partial charge on any atom is 0.147 e. The zero-order valence-electron chi connectivity index (χ0n) is 6.34. The van der Waals surface area contributed by atoms with Crippen LogP contribution in [0.25, 0.3) is 0 Å². The zero-order valence-corrected chi connectivity index (χ0v) is 7.91. The van der Waals surface area contributed by atoms with Crippen LogP contribution in [0.3, 0.4) is 0 Å². The second-order valence-electron chi connectivity index (χ2n) is 2.76. The van der Waals surface area contributed by atoms with Crippen molar-refractivity contribution in [3.05, 3.63) is 28.8 Å². The summed E-state index contributed by atoms with van der Waals surface area (Å²) in [5, 5.41) is 0.712. The Morgan fingerprint density at radius 1 is 1.42 bits per heavy atom. The largest absolute Gasteiger partial charge is 0.298 e. The first-order valence-electron chi connectivity index (χ1n) is 3.68. The number of carbonyl (C=O) groups excluding carboxylic acids is 1. The molecule has 0 radical (unpaired) electrons. The number of Topliss-reactive ketones (excluding diaryl/α,β-unsaturated/α-hetero) is 1. The molecule has 0 N–H and O–H groups in total. The highest BCUT2D eigenvalue weighted by Crippen LogP contribution is 2.30. The molecule has 12 heavy (non-hydrogen) atoms. The number of hydrogen-bond donors (Lipinski definition) is 0. The number of thioether (sulfide) groups is 1. The molecule has 1 aliphatic rings. The molecule has 2 rings (SSSR count). The summed E-state index contributed by atoms with van der Waals surface area (Å²) < 4.78 is 0. The fraction of sp³-hybridized carbons (Fsp3) is 0.222. The van der Waals surface area contributed by atoms with Crippen molar-refractivity contribution < 1.29 is 4.79 Å². The number of hydrogen-bond acceptors (Lipinski definition) is 2. The van der Waals surface area contributed by atoms with Crippen LogP contribution in [-0.2, 0) is 11.2 Å². The van der Waals surface area contributed by atoms with Gasteiger partial charge in [0.05, 0.1) is 5.75 Å². The lowest BCUT2D eigenvalue weighted by molar-refractivity contribution is -0.116. The van der Waals surface area contributed by atoms with Crippen molar-refractivity contribution in [2.24, 2.45) is 0 Å². The maximum atomic E-state index is 11.1. The lowest BCUT2D eigenvalue weighted by Crippen LogP contribution is -2.11. The lowest BCUT2D eigenvalue weighted by atomic mass is 10.1. The summed E-state index contributed by atoms with van der Waals surface area (Å²) in [4.78, 5) is 12.3. The Balaban J connectivity index is 2.44. The van der Waals surface area contributed by atoms with Crippen LogP contribution in [0.1, 0.15) is 5.56 Å². The average molecular weight is 199 g/mol. The summed E-state index contributed by atoms with van der Waals surface area (Å²) in [6.07, 6.45) is 0.545. The molecular weight excluding hydrogens is 192 g/mol. The molecule has 1 heterocycles. The molecule has 62 valence electrons. The minimum Gasteiger partial charge on any atom is -0.298 e. The van der Waals surface area contributed by atoms with E-state index in [0.717, 1.165) is 5.56 Å². The van der Waals surface area contributed by atoms with Gasteiger partial charge in [-0.1, -0.05) is 11.6 Å². The predicted octanol–water partition coefficient (Wildman–Crippen LogP) is 2.56. The van der Waals surface area contributed by atoms with Crippen molar-refractivity contribution in [2.45, 2.75) is 11.3 Å². The Kier molecular flexibility index (Phi) is 2.11. The van der Waals surface area contributed by atoms with Crippen molar-refractivity contribution >= 4 is 29.1 Å². The van der Waals surface area contributed by atoms with Crippen LogP contribution in [0, 0.1) is 0 Å². The van der Waals surface area contributed by atoms with E-state index in [-0.39, 0.29) is 5.78 Å². The summed E-state index contributed by atoms with van der Waals surface area (Å²) in [6, 6.07) is 5.72. The Hall–Kier alpha value is -0.470. The quantitative estimate of drug-likeness (QED) is 0.638. The zero-order chi connectivity index (χ0) is 8.55. The molecule has 0 spiro atoms. The highest BCUT2D eigenvalue weighted by atomic mass is 35.5. The SMILES string of the molecule is O=C1CSc2ccc(Cl)cc2C1. The third kappa shape index (κ3) is 1.50. The molecule has 0 fully saturated rings. The minimum absolute atomic E-state index is 0.287. The third-order valence-corrected chi connectivity index (χ3v) is 3.21. The van der Waals surface area contributed by atoms with E-state index in [1.165, 1.54) is 4.90 Å². The van der Waals surface area contributed by atoms with Gasteiger partial charge in [0.1, 0.15) is 5.78 Å². The van der Waals surface area contributed by atoms with Crippen molar-refractivity contribution in [2.75, 3.05) is 5.75 Å². The molecule has 1 aromatic rings. The number of benzene rings is 1. The van der Waals surface area contributed by atoms with Gasteiger partial charge < -0.3 is 0 Å². The van der Waals surface area contributed by atoms with Gasteiger partial charge in [-0.05, 0) is 23.8 Å². The van der Waals surface area contributed by atoms with Crippen molar-refractivity contribution in [3.8, 4) is 0 Å². The van der Waals surface area contributed by atoms with Crippen LogP contribution < -0.4 is 0 Å². The fourth-order valence-electron chi connectivity index (χ4n) is 1.25. The topological polar surface area (TPSA) is 17.1 Å². The summed E-state index contributed by atoms with van der Waals surface area (Å²) in [6.45, 7) is 0. The van der Waals surface area contributed by atoms with Crippen molar-refractivity contribution in [3.63, 3.8) is 0 Å². The molecule has 3 heteroatoms. The molecule has 0 unspecified atom stereocenters. The van der Waals surface area contributed by atoms with Gasteiger partial charge in [0.25, 0.3) is 0 Å². The Morgan fingerprint density at radius 2 is 2.25 bits per heavy atom. The van der Waals surface area contributed by atoms with Gasteiger partial charge in [0.15, 0.2) is 0 Å². The first-order valence-corrected chi connectivity index (χ1v) is 5.05. The van der Waals surface area contributed by atoms with Crippen molar-refractivity contribution in [1.82, 2.24) is 0 Å². The second-order valence-corrected chi connectivity index (χ2v) is 4.21. The third-order valence-electron chi connectivity index (χ3n) is 1.80. The van der Waals surface area contributed by atoms with Gasteiger partial charge >= 0.3 is 0 Å². The van der Waals surface area contributed by atoms with Gasteiger partial charge in [-0.15, -0.1) is 11.8 Å². The van der Waals surface area contributed by atoms with E-state index < -0.39 is 0 Å². The number of ketones is 1. The summed E-state index contributed by atoms with van der Waals surface area (Å²) in [7, 11) is 0. The first kappa shape index (κ1) is 8.14. The summed E-state index contributed by atoms with van der Waals surface area (Å²) >= 11 is 7.40. The molecule has 0 amide bonds. The summed E-state index contributed by atoms with van der Waals surface area (Å²) in [5.41, 5.74) is 1.07. The van der Waals surface area contributed by atoms with Crippen LogP contribution in [-0.4, -0.2) is 11.5 Å². The van der Waals surface area contributed by atoms with E-state index in [1.54, 1.807) is 11.8 Å². The number of rotatable bonds is 0. The summed E-state index contributed by atoms with van der Waals surface area (Å²) in [5.74, 6) is 0.893. The van der Waals surface area contributed by atoms with Crippen LogP contribution in [0.2, 0.25) is 5.02 Å². The number of halogens is 1. The predicted molar refractivity (Wildman–Crippen MR) is 50.9 cm³/mol. The average Bonchev–Trinajstić information content (AvgIpc) is 2.03. The Labute approximate surface area is 80.1 Å². The highest BCUT2D eigenvalue weighted by Gasteiger charge is 2.15. The van der Waals surface area contributed by atoms with E-state index in [2.05, 4.69) is 0 Å². The fourth-order valence-corrected chi connectivity index (χ4v) is 2.34. The minimum atomic E-state index is 0.287. The van der Waals surface area contributed by atoms with Gasteiger partial charge in [-0.3, -0.25) is 4.79 Å². The van der Waals surface area contributed by atoms with Crippen LogP contribution >= 0.6 is 23.4 Å². The van der Waals surface area contributed by atoms with Crippen molar-refractivity contribution in [1.29, 1.82) is 0 Å². The molecule has 0 saturated heterocycles. The number of fused-ring (bicyclic) bond motifs is 1. The van der Waals surface area contributed by atoms with Gasteiger partial charge in [-0.25, -0.2) is 0 Å². The monoisotopic (exact) mass is 198 g/mol. The molecule has 0 bridgehead atoms.